The third-order valence-electron chi connectivity index (χ3n) is 0.168. The standard InChI is InChI=1S/C2H2Cl2O2.H2O/c3-1-6-2(4)5;/h1H2;1H2. The maximum Gasteiger partial charge on any atom is 0.404 e. The first-order chi connectivity index (χ1) is 2.77. The number of hydrogen-bond donors (Lipinski definition) is 0. The molecule has 0 unspecified atom stereocenters. The Kier molecular flexibility index (Phi) is 8.66. The molecular formula is C2H4Cl2O3. The van der Waals surface area contributed by atoms with E-state index >= 15 is 0 Å². The largest absolute Gasteiger partial charge is 0.437 e. The minimum absolute atomic E-state index is 0. The molecule has 7 heavy (non-hydrogen) atoms. The van der Waals surface area contributed by atoms with Crippen LogP contribution in [-0.4, -0.2) is 17.0 Å². The van der Waals surface area contributed by atoms with Gasteiger partial charge in [0.1, 0.15) is 0 Å². The van der Waals surface area contributed by atoms with E-state index in [0.29, 0.717) is 0 Å². The number of rotatable bonds is 1. The molecule has 0 aliphatic heterocycles. The third-order valence-corrected chi connectivity index (χ3v) is 0.386. The Morgan fingerprint density at radius 1 is 1.71 bits per heavy atom. The van der Waals surface area contributed by atoms with E-state index in [4.69, 9.17) is 11.6 Å². The Morgan fingerprint density at radius 3 is 2.14 bits per heavy atom. The summed E-state index contributed by atoms with van der Waals surface area (Å²) in [7, 11) is 0. The fourth-order valence-corrected chi connectivity index (χ4v) is 0.252. The van der Waals surface area contributed by atoms with Gasteiger partial charge in [0.2, 0.25) is 0 Å². The second-order valence-electron chi connectivity index (χ2n) is 0.491. The van der Waals surface area contributed by atoms with Crippen LogP contribution in [0.15, 0.2) is 0 Å². The molecule has 0 aromatic rings. The Morgan fingerprint density at radius 2 is 2.14 bits per heavy atom. The summed E-state index contributed by atoms with van der Waals surface area (Å²) in [5.74, 6) is 0. The lowest BCUT2D eigenvalue weighted by Gasteiger charge is -1.84. The van der Waals surface area contributed by atoms with Crippen molar-refractivity contribution in [2.45, 2.75) is 0 Å². The second-order valence-corrected chi connectivity index (χ2v) is 1.02. The van der Waals surface area contributed by atoms with Crippen molar-refractivity contribution in [1.82, 2.24) is 0 Å². The smallest absolute Gasteiger partial charge is 0.404 e. The topological polar surface area (TPSA) is 57.8 Å². The van der Waals surface area contributed by atoms with E-state index in [1.54, 1.807) is 0 Å². The predicted octanol–water partition coefficient (Wildman–Crippen LogP) is 0.733. The lowest BCUT2D eigenvalue weighted by Crippen LogP contribution is -1.87. The summed E-state index contributed by atoms with van der Waals surface area (Å²) < 4.78 is 3.93. The lowest BCUT2D eigenvalue weighted by atomic mass is 11.5. The van der Waals surface area contributed by atoms with Gasteiger partial charge in [-0.2, -0.15) is 0 Å². The first-order valence-corrected chi connectivity index (χ1v) is 2.07. The van der Waals surface area contributed by atoms with Gasteiger partial charge < -0.3 is 10.2 Å². The van der Waals surface area contributed by atoms with E-state index in [1.165, 1.54) is 0 Å². The SMILES string of the molecule is O.O=C(Cl)OCCl. The van der Waals surface area contributed by atoms with Crippen LogP contribution < -0.4 is 0 Å². The second kappa shape index (κ2) is 6.01. The van der Waals surface area contributed by atoms with Crippen molar-refractivity contribution in [2.75, 3.05) is 6.07 Å². The minimum Gasteiger partial charge on any atom is -0.437 e. The zero-order valence-electron chi connectivity index (χ0n) is 3.28. The minimum atomic E-state index is -0.870. The summed E-state index contributed by atoms with van der Waals surface area (Å²) >= 11 is 9.50. The number of halogens is 2. The molecule has 0 aromatic carbocycles. The first-order valence-electron chi connectivity index (χ1n) is 1.15. The summed E-state index contributed by atoms with van der Waals surface area (Å²) in [6, 6.07) is -0.178. The first kappa shape index (κ1) is 10.1. The average molecular weight is 147 g/mol. The highest BCUT2D eigenvalue weighted by Gasteiger charge is 1.87. The van der Waals surface area contributed by atoms with Crippen LogP contribution in [0, 0.1) is 0 Å². The van der Waals surface area contributed by atoms with Crippen molar-refractivity contribution in [3.8, 4) is 0 Å². The summed E-state index contributed by atoms with van der Waals surface area (Å²) in [5.41, 5.74) is -0.870. The van der Waals surface area contributed by atoms with Gasteiger partial charge in [0.05, 0.1) is 0 Å². The van der Waals surface area contributed by atoms with Crippen molar-refractivity contribution in [3.05, 3.63) is 0 Å². The Labute approximate surface area is 50.5 Å². The number of carbonyl (C=O) groups is 1. The zero-order chi connectivity index (χ0) is 4.99. The van der Waals surface area contributed by atoms with Crippen LogP contribution in [-0.2, 0) is 4.74 Å². The van der Waals surface area contributed by atoms with E-state index in [0.717, 1.165) is 0 Å². The molecule has 2 N–H and O–H groups in total. The molecular weight excluding hydrogens is 143 g/mol. The van der Waals surface area contributed by atoms with Crippen LogP contribution in [0.3, 0.4) is 0 Å². The van der Waals surface area contributed by atoms with E-state index in [-0.39, 0.29) is 11.5 Å². The van der Waals surface area contributed by atoms with Crippen molar-refractivity contribution < 1.29 is 15.0 Å². The molecule has 0 bridgehead atoms. The molecule has 0 saturated heterocycles. The molecule has 0 rings (SSSR count). The number of hydrogen-bond acceptors (Lipinski definition) is 2. The van der Waals surface area contributed by atoms with E-state index < -0.39 is 5.43 Å². The molecule has 0 fully saturated rings. The normalized spacial score (nSPS) is 6.57. The highest BCUT2D eigenvalue weighted by atomic mass is 35.5. The van der Waals surface area contributed by atoms with Crippen LogP contribution in [0.5, 0.6) is 0 Å². The van der Waals surface area contributed by atoms with Gasteiger partial charge in [-0.1, -0.05) is 11.6 Å². The van der Waals surface area contributed by atoms with Crippen molar-refractivity contribution in [1.29, 1.82) is 0 Å². The molecule has 3 nitrogen and oxygen atoms in total. The molecule has 0 atom stereocenters. The highest BCUT2D eigenvalue weighted by Crippen LogP contribution is 1.86. The highest BCUT2D eigenvalue weighted by molar-refractivity contribution is 6.61. The maximum atomic E-state index is 9.50. The Bertz CT molecular complexity index is 54.9. The summed E-state index contributed by atoms with van der Waals surface area (Å²) in [6.07, 6.45) is 0. The van der Waals surface area contributed by atoms with Gasteiger partial charge >= 0.3 is 5.43 Å². The van der Waals surface area contributed by atoms with Gasteiger partial charge in [-0.3, -0.25) is 0 Å². The monoisotopic (exact) mass is 146 g/mol. The van der Waals surface area contributed by atoms with Crippen LogP contribution >= 0.6 is 23.2 Å². The van der Waals surface area contributed by atoms with Crippen molar-refractivity contribution >= 4 is 28.6 Å². The quantitative estimate of drug-likeness (QED) is 0.405. The van der Waals surface area contributed by atoms with Gasteiger partial charge in [-0.05, 0) is 0 Å². The molecule has 0 saturated carbocycles. The molecule has 0 heterocycles. The van der Waals surface area contributed by atoms with Gasteiger partial charge in [0, 0.05) is 11.6 Å². The van der Waals surface area contributed by atoms with Crippen molar-refractivity contribution in [2.24, 2.45) is 0 Å². The average Bonchev–Trinajstić information content (AvgIpc) is 1.35. The lowest BCUT2D eigenvalue weighted by molar-refractivity contribution is 0.192. The van der Waals surface area contributed by atoms with Crippen LogP contribution in [0.4, 0.5) is 4.79 Å². The molecule has 0 aliphatic carbocycles. The number of alkyl halides is 1. The van der Waals surface area contributed by atoms with E-state index in [1.807, 2.05) is 0 Å². The van der Waals surface area contributed by atoms with Crippen LogP contribution in [0.2, 0.25) is 0 Å². The number of carbonyl (C=O) groups excluding carboxylic acids is 1. The Balaban J connectivity index is 0. The van der Waals surface area contributed by atoms with Gasteiger partial charge in [-0.15, -0.1) is 0 Å². The third kappa shape index (κ3) is 10.7. The molecule has 0 aromatic heterocycles. The predicted molar refractivity (Wildman–Crippen MR) is 26.7 cm³/mol. The van der Waals surface area contributed by atoms with E-state index in [2.05, 4.69) is 16.3 Å². The fraction of sp³-hybridized carbons (Fsp3) is 0.500. The van der Waals surface area contributed by atoms with Crippen LogP contribution in [0.25, 0.3) is 0 Å². The van der Waals surface area contributed by atoms with E-state index in [9.17, 15) is 4.79 Å². The molecule has 0 amide bonds. The summed E-state index contributed by atoms with van der Waals surface area (Å²) in [5, 5.41) is 0. The maximum absolute atomic E-state index is 9.50. The summed E-state index contributed by atoms with van der Waals surface area (Å²) in [4.78, 5) is 9.50. The Hall–Kier alpha value is 0.01000. The van der Waals surface area contributed by atoms with Crippen LogP contribution in [0.1, 0.15) is 0 Å². The molecule has 0 aliphatic rings. The molecule has 0 spiro atoms. The number of ether oxygens (including phenoxy) is 1. The molecule has 5 heteroatoms. The fourth-order valence-electron chi connectivity index (χ4n) is 0.0429. The van der Waals surface area contributed by atoms with Gasteiger partial charge in [0.15, 0.2) is 6.07 Å². The zero-order valence-corrected chi connectivity index (χ0v) is 4.79. The van der Waals surface area contributed by atoms with Gasteiger partial charge in [-0.25, -0.2) is 4.79 Å². The van der Waals surface area contributed by atoms with Crippen molar-refractivity contribution in [3.63, 3.8) is 0 Å². The molecule has 44 valence electrons. The molecule has 0 radical (unpaired) electrons. The summed E-state index contributed by atoms with van der Waals surface area (Å²) in [6.45, 7) is 0. The van der Waals surface area contributed by atoms with Gasteiger partial charge in [0.25, 0.3) is 0 Å².